The molecule has 0 spiro atoms. The summed E-state index contributed by atoms with van der Waals surface area (Å²) in [6.45, 7) is 7.82. The maximum Gasteiger partial charge on any atom is 0.306 e. The van der Waals surface area contributed by atoms with Crippen LogP contribution in [-0.4, -0.2) is 40.6 Å². The summed E-state index contributed by atoms with van der Waals surface area (Å²) in [5, 5.41) is 9.11. The maximum atomic E-state index is 13.2. The summed E-state index contributed by atoms with van der Waals surface area (Å²) in [4.78, 5) is 26.3. The fourth-order valence-corrected chi connectivity index (χ4v) is 6.16. The second-order valence-electron chi connectivity index (χ2n) is 10.6. The Kier molecular flexibility index (Phi) is 5.12. The van der Waals surface area contributed by atoms with Crippen molar-refractivity contribution in [1.82, 2.24) is 4.90 Å². The largest absolute Gasteiger partial charge is 0.490 e. The maximum absolute atomic E-state index is 13.2. The molecule has 3 fully saturated rings. The molecular formula is C24H33NO4. The average molecular weight is 400 g/mol. The second-order valence-corrected chi connectivity index (χ2v) is 10.6. The topological polar surface area (TPSA) is 66.8 Å². The monoisotopic (exact) mass is 399 g/mol. The average Bonchev–Trinajstić information content (AvgIpc) is 2.91. The molecule has 1 aromatic carbocycles. The first kappa shape index (κ1) is 20.2. The lowest BCUT2D eigenvalue weighted by atomic mass is 9.65. The second kappa shape index (κ2) is 7.33. The minimum absolute atomic E-state index is 0.0622. The third kappa shape index (κ3) is 4.29. The van der Waals surface area contributed by atoms with Crippen molar-refractivity contribution < 1.29 is 19.4 Å². The molecule has 0 aromatic heterocycles. The number of likely N-dealkylation sites (tertiary alicyclic amines) is 1. The van der Waals surface area contributed by atoms with E-state index in [1.807, 2.05) is 24.3 Å². The third-order valence-corrected chi connectivity index (χ3v) is 7.10. The normalized spacial score (nSPS) is 33.3. The number of carboxylic acids is 1. The van der Waals surface area contributed by atoms with Crippen LogP contribution >= 0.6 is 0 Å². The van der Waals surface area contributed by atoms with Crippen molar-refractivity contribution in [2.75, 3.05) is 6.54 Å². The summed E-state index contributed by atoms with van der Waals surface area (Å²) in [5.74, 6) is -0.0462. The van der Waals surface area contributed by atoms with Crippen molar-refractivity contribution in [3.8, 4) is 5.75 Å². The van der Waals surface area contributed by atoms with Crippen LogP contribution in [0.1, 0.15) is 76.1 Å². The molecule has 1 amide bonds. The number of carbonyl (C=O) groups excluding carboxylic acids is 1. The lowest BCUT2D eigenvalue weighted by molar-refractivity contribution is -0.143. The molecule has 2 atom stereocenters. The van der Waals surface area contributed by atoms with Gasteiger partial charge in [-0.1, -0.05) is 20.8 Å². The smallest absolute Gasteiger partial charge is 0.306 e. The highest BCUT2D eigenvalue weighted by Gasteiger charge is 2.51. The summed E-state index contributed by atoms with van der Waals surface area (Å²) < 4.78 is 6.04. The zero-order chi connectivity index (χ0) is 20.8. The SMILES string of the molecule is CC1(C)CC2CC(C)(CN2C(=O)c2ccc(O[C@H]3CC[C@@H](C(=O)O)CC3)cc2)C1. The number of carboxylic acid groups (broad SMARTS) is 1. The molecule has 1 aromatic rings. The fraction of sp³-hybridized carbons (Fsp3) is 0.667. The van der Waals surface area contributed by atoms with Crippen molar-refractivity contribution in [3.05, 3.63) is 29.8 Å². The fourth-order valence-electron chi connectivity index (χ4n) is 6.16. The summed E-state index contributed by atoms with van der Waals surface area (Å²) in [6.07, 6.45) is 6.30. The molecule has 1 saturated heterocycles. The molecule has 2 bridgehead atoms. The number of nitrogens with zero attached hydrogens (tertiary/aromatic N) is 1. The van der Waals surface area contributed by atoms with E-state index in [4.69, 9.17) is 9.84 Å². The van der Waals surface area contributed by atoms with Gasteiger partial charge in [0, 0.05) is 18.2 Å². The number of rotatable bonds is 4. The molecule has 2 aliphatic carbocycles. The van der Waals surface area contributed by atoms with Crippen molar-refractivity contribution in [3.63, 3.8) is 0 Å². The Morgan fingerprint density at radius 2 is 1.69 bits per heavy atom. The standard InChI is InChI=1S/C24H33NO4/c1-23(2)12-18-13-24(3,14-23)15-25(18)21(26)16-4-8-19(9-5-16)29-20-10-6-17(7-11-20)22(27)28/h4-5,8-9,17-18,20H,6-7,10-15H2,1-3H3,(H,27,28)/t17-,18?,20+,24?. The molecule has 5 heteroatoms. The van der Waals surface area contributed by atoms with Crippen LogP contribution in [0.3, 0.4) is 0 Å². The molecule has 0 radical (unpaired) electrons. The van der Waals surface area contributed by atoms with Crippen LogP contribution in [0, 0.1) is 16.7 Å². The van der Waals surface area contributed by atoms with Gasteiger partial charge in [0.2, 0.25) is 0 Å². The first-order chi connectivity index (χ1) is 13.6. The first-order valence-electron chi connectivity index (χ1n) is 10.9. The highest BCUT2D eigenvalue weighted by molar-refractivity contribution is 5.94. The summed E-state index contributed by atoms with van der Waals surface area (Å²) in [5.41, 5.74) is 1.25. The van der Waals surface area contributed by atoms with Crippen LogP contribution in [0.4, 0.5) is 0 Å². The van der Waals surface area contributed by atoms with Crippen molar-refractivity contribution >= 4 is 11.9 Å². The zero-order valence-electron chi connectivity index (χ0n) is 17.8. The van der Waals surface area contributed by atoms with Gasteiger partial charge in [0.1, 0.15) is 5.75 Å². The van der Waals surface area contributed by atoms with Crippen LogP contribution < -0.4 is 4.74 Å². The van der Waals surface area contributed by atoms with Gasteiger partial charge in [-0.25, -0.2) is 0 Å². The van der Waals surface area contributed by atoms with Crippen molar-refractivity contribution in [2.24, 2.45) is 16.7 Å². The Morgan fingerprint density at radius 1 is 1.03 bits per heavy atom. The Bertz CT molecular complexity index is 779. The number of ether oxygens (including phenoxy) is 1. The molecule has 5 nitrogen and oxygen atoms in total. The number of aliphatic carboxylic acids is 1. The Hall–Kier alpha value is -2.04. The zero-order valence-corrected chi connectivity index (χ0v) is 17.8. The molecule has 29 heavy (non-hydrogen) atoms. The van der Waals surface area contributed by atoms with Gasteiger partial charge in [-0.05, 0) is 80.0 Å². The van der Waals surface area contributed by atoms with Crippen LogP contribution in [0.15, 0.2) is 24.3 Å². The van der Waals surface area contributed by atoms with Gasteiger partial charge in [-0.2, -0.15) is 0 Å². The molecule has 1 aliphatic heterocycles. The van der Waals surface area contributed by atoms with E-state index in [9.17, 15) is 9.59 Å². The lowest BCUT2D eigenvalue weighted by Crippen LogP contribution is -2.37. The van der Waals surface area contributed by atoms with E-state index in [0.717, 1.165) is 43.5 Å². The van der Waals surface area contributed by atoms with Gasteiger partial charge < -0.3 is 14.7 Å². The predicted octanol–water partition coefficient (Wildman–Crippen LogP) is 4.75. The minimum Gasteiger partial charge on any atom is -0.490 e. The number of amides is 1. The van der Waals surface area contributed by atoms with E-state index < -0.39 is 5.97 Å². The lowest BCUT2D eigenvalue weighted by Gasteiger charge is -2.39. The van der Waals surface area contributed by atoms with E-state index in [2.05, 4.69) is 25.7 Å². The molecule has 1 heterocycles. The van der Waals surface area contributed by atoms with E-state index in [0.29, 0.717) is 24.3 Å². The Labute approximate surface area is 173 Å². The van der Waals surface area contributed by atoms with Gasteiger partial charge in [0.05, 0.1) is 12.0 Å². The number of carbonyl (C=O) groups is 2. The summed E-state index contributed by atoms with van der Waals surface area (Å²) in [6, 6.07) is 7.85. The quantitative estimate of drug-likeness (QED) is 0.793. The van der Waals surface area contributed by atoms with Gasteiger partial charge >= 0.3 is 5.97 Å². The third-order valence-electron chi connectivity index (χ3n) is 7.10. The highest BCUT2D eigenvalue weighted by Crippen LogP contribution is 2.52. The number of hydrogen-bond acceptors (Lipinski definition) is 3. The molecule has 1 N–H and O–H groups in total. The van der Waals surface area contributed by atoms with Crippen LogP contribution in [0.2, 0.25) is 0 Å². The Morgan fingerprint density at radius 3 is 2.31 bits per heavy atom. The van der Waals surface area contributed by atoms with Crippen LogP contribution in [-0.2, 0) is 4.79 Å². The molecule has 3 aliphatic rings. The number of hydrogen-bond donors (Lipinski definition) is 1. The number of fused-ring (bicyclic) bond motifs is 2. The molecule has 4 rings (SSSR count). The van der Waals surface area contributed by atoms with E-state index in [1.54, 1.807) is 0 Å². The minimum atomic E-state index is -0.699. The number of benzene rings is 1. The summed E-state index contributed by atoms with van der Waals surface area (Å²) in [7, 11) is 0. The van der Waals surface area contributed by atoms with Gasteiger partial charge in [-0.15, -0.1) is 0 Å². The van der Waals surface area contributed by atoms with Crippen LogP contribution in [0.5, 0.6) is 5.75 Å². The van der Waals surface area contributed by atoms with Gasteiger partial charge in [0.25, 0.3) is 5.91 Å². The molecular weight excluding hydrogens is 366 g/mol. The Balaban J connectivity index is 1.37. The van der Waals surface area contributed by atoms with Crippen molar-refractivity contribution in [2.45, 2.75) is 77.9 Å². The molecule has 158 valence electrons. The highest BCUT2D eigenvalue weighted by atomic mass is 16.5. The van der Waals surface area contributed by atoms with Crippen LogP contribution in [0.25, 0.3) is 0 Å². The first-order valence-corrected chi connectivity index (χ1v) is 10.9. The van der Waals surface area contributed by atoms with Crippen molar-refractivity contribution in [1.29, 1.82) is 0 Å². The summed E-state index contributed by atoms with van der Waals surface area (Å²) >= 11 is 0. The van der Waals surface area contributed by atoms with Gasteiger partial charge in [-0.3, -0.25) is 9.59 Å². The molecule has 2 unspecified atom stereocenters. The predicted molar refractivity (Wildman–Crippen MR) is 111 cm³/mol. The molecule has 2 saturated carbocycles. The van der Waals surface area contributed by atoms with Gasteiger partial charge in [0.15, 0.2) is 0 Å². The van der Waals surface area contributed by atoms with E-state index >= 15 is 0 Å². The van der Waals surface area contributed by atoms with E-state index in [1.165, 1.54) is 6.42 Å². The van der Waals surface area contributed by atoms with E-state index in [-0.39, 0.29) is 23.3 Å².